The molecule has 160 valence electrons. The second-order valence-electron chi connectivity index (χ2n) is 9.37. The average molecular weight is 427 g/mol. The number of aryl methyl sites for hydroxylation is 1. The molecule has 2 aliphatic heterocycles. The summed E-state index contributed by atoms with van der Waals surface area (Å²) in [5, 5.41) is 5.54. The number of aromatic nitrogens is 3. The maximum absolute atomic E-state index is 4.50. The number of hydrogen-bond acceptors (Lipinski definition) is 4. The lowest BCUT2D eigenvalue weighted by atomic mass is 9.90. The smallest absolute Gasteiger partial charge is 0.159 e. The number of rotatable bonds is 2. The number of quaternary nitrogens is 1. The lowest BCUT2D eigenvalue weighted by Crippen LogP contribution is -3.00. The Bertz CT molecular complexity index is 1050. The molecule has 1 fully saturated rings. The van der Waals surface area contributed by atoms with Crippen LogP contribution in [0.1, 0.15) is 24.0 Å². The predicted octanol–water partition coefficient (Wildman–Crippen LogP) is -0.00760. The standard InChI is InChI=1S/C23H31N6.ClH/c1-17-15-28(22-7-8-24-23-21(22)14-25-26(23)2)16-18-5-6-19(13-20(17)18)27-9-11-29(3,4)12-10-27;/h5-8,13-14,17H,9-12,15-16H2,1-4H3;1H/q+1;/p-1/t17-;/m0./s1. The summed E-state index contributed by atoms with van der Waals surface area (Å²) in [7, 11) is 6.62. The summed E-state index contributed by atoms with van der Waals surface area (Å²) in [5.74, 6) is 0.496. The van der Waals surface area contributed by atoms with Gasteiger partial charge >= 0.3 is 0 Å². The van der Waals surface area contributed by atoms with Crippen LogP contribution in [0.4, 0.5) is 11.4 Å². The Hall–Kier alpha value is -2.31. The van der Waals surface area contributed by atoms with Crippen LogP contribution in [0.15, 0.2) is 36.7 Å². The van der Waals surface area contributed by atoms with Crippen molar-refractivity contribution < 1.29 is 16.9 Å². The Balaban J connectivity index is 0.00000218. The van der Waals surface area contributed by atoms with Crippen LogP contribution in [0.2, 0.25) is 0 Å². The molecule has 0 spiro atoms. The van der Waals surface area contributed by atoms with Gasteiger partial charge in [0.1, 0.15) is 0 Å². The first-order valence-electron chi connectivity index (χ1n) is 10.6. The number of halogens is 1. The molecule has 0 unspecified atom stereocenters. The topological polar surface area (TPSA) is 37.2 Å². The molecule has 0 bridgehead atoms. The second-order valence-corrected chi connectivity index (χ2v) is 9.37. The van der Waals surface area contributed by atoms with Crippen LogP contribution < -0.4 is 22.2 Å². The van der Waals surface area contributed by atoms with Gasteiger partial charge in [-0.05, 0) is 35.2 Å². The Morgan fingerprint density at radius 2 is 1.83 bits per heavy atom. The van der Waals surface area contributed by atoms with Gasteiger partial charge in [0, 0.05) is 32.0 Å². The van der Waals surface area contributed by atoms with Crippen LogP contribution >= 0.6 is 0 Å². The number of nitrogens with zero attached hydrogens (tertiary/aromatic N) is 6. The normalized spacial score (nSPS) is 20.7. The van der Waals surface area contributed by atoms with E-state index in [0.29, 0.717) is 5.92 Å². The van der Waals surface area contributed by atoms with E-state index in [0.717, 1.165) is 41.7 Å². The number of hydrogen-bond donors (Lipinski definition) is 0. The van der Waals surface area contributed by atoms with Crippen molar-refractivity contribution in [2.75, 3.05) is 56.6 Å². The van der Waals surface area contributed by atoms with E-state index in [9.17, 15) is 0 Å². The third-order valence-electron chi connectivity index (χ3n) is 6.78. The third-order valence-corrected chi connectivity index (χ3v) is 6.78. The van der Waals surface area contributed by atoms with Crippen molar-refractivity contribution >= 4 is 22.4 Å². The quantitative estimate of drug-likeness (QED) is 0.540. The number of pyridine rings is 1. The minimum absolute atomic E-state index is 0. The SMILES string of the molecule is C[C@H]1CN(c2ccnc3c2cnn3C)Cc2ccc(N3CC[N+](C)(C)CC3)cc21.[Cl-]. The van der Waals surface area contributed by atoms with Gasteiger partial charge in [-0.15, -0.1) is 0 Å². The van der Waals surface area contributed by atoms with E-state index in [1.807, 2.05) is 24.1 Å². The number of piperazine rings is 1. The molecule has 7 heteroatoms. The van der Waals surface area contributed by atoms with Gasteiger partial charge in [0.05, 0.1) is 57.5 Å². The summed E-state index contributed by atoms with van der Waals surface area (Å²) in [5.41, 5.74) is 6.52. The molecule has 6 nitrogen and oxygen atoms in total. The van der Waals surface area contributed by atoms with Crippen LogP contribution in [-0.4, -0.2) is 66.1 Å². The maximum atomic E-state index is 4.50. The molecule has 3 aromatic rings. The van der Waals surface area contributed by atoms with Crippen molar-refractivity contribution in [1.82, 2.24) is 14.8 Å². The zero-order valence-electron chi connectivity index (χ0n) is 18.3. The van der Waals surface area contributed by atoms with Crippen molar-refractivity contribution in [2.24, 2.45) is 7.05 Å². The zero-order valence-corrected chi connectivity index (χ0v) is 19.1. The predicted molar refractivity (Wildman–Crippen MR) is 118 cm³/mol. The second kappa shape index (κ2) is 7.75. The summed E-state index contributed by atoms with van der Waals surface area (Å²) < 4.78 is 2.98. The summed E-state index contributed by atoms with van der Waals surface area (Å²) in [4.78, 5) is 9.55. The van der Waals surface area contributed by atoms with E-state index in [1.165, 1.54) is 35.6 Å². The molecule has 1 saturated heterocycles. The Morgan fingerprint density at radius 3 is 2.60 bits per heavy atom. The minimum Gasteiger partial charge on any atom is -1.00 e. The fourth-order valence-corrected chi connectivity index (χ4v) is 4.84. The Labute approximate surface area is 185 Å². The number of fused-ring (bicyclic) bond motifs is 2. The highest BCUT2D eigenvalue weighted by molar-refractivity contribution is 5.89. The number of benzene rings is 1. The van der Waals surface area contributed by atoms with E-state index in [2.05, 4.69) is 65.2 Å². The molecular weight excluding hydrogens is 396 g/mol. The van der Waals surface area contributed by atoms with E-state index in [1.54, 1.807) is 0 Å². The highest BCUT2D eigenvalue weighted by Gasteiger charge is 2.28. The highest BCUT2D eigenvalue weighted by Crippen LogP contribution is 2.36. The number of anilines is 2. The molecular formula is C23H31ClN6. The van der Waals surface area contributed by atoms with E-state index < -0.39 is 0 Å². The van der Waals surface area contributed by atoms with Crippen LogP contribution in [0.5, 0.6) is 0 Å². The lowest BCUT2D eigenvalue weighted by molar-refractivity contribution is -0.890. The first-order chi connectivity index (χ1) is 13.9. The third kappa shape index (κ3) is 3.63. The summed E-state index contributed by atoms with van der Waals surface area (Å²) in [6.45, 7) is 9.02. The van der Waals surface area contributed by atoms with Gasteiger partial charge in [0.25, 0.3) is 0 Å². The molecule has 4 heterocycles. The van der Waals surface area contributed by atoms with E-state index >= 15 is 0 Å². The summed E-state index contributed by atoms with van der Waals surface area (Å²) in [6, 6.07) is 9.26. The highest BCUT2D eigenvalue weighted by atomic mass is 35.5. The summed E-state index contributed by atoms with van der Waals surface area (Å²) >= 11 is 0. The maximum Gasteiger partial charge on any atom is 0.159 e. The Morgan fingerprint density at radius 1 is 1.07 bits per heavy atom. The van der Waals surface area contributed by atoms with Crippen molar-refractivity contribution in [3.8, 4) is 0 Å². The van der Waals surface area contributed by atoms with Crippen molar-refractivity contribution in [2.45, 2.75) is 19.4 Å². The first-order valence-corrected chi connectivity index (χ1v) is 10.6. The summed E-state index contributed by atoms with van der Waals surface area (Å²) in [6.07, 6.45) is 3.84. The molecule has 30 heavy (non-hydrogen) atoms. The fraction of sp³-hybridized carbons (Fsp3) is 0.478. The van der Waals surface area contributed by atoms with Crippen molar-refractivity contribution in [3.05, 3.63) is 47.8 Å². The molecule has 2 aromatic heterocycles. The molecule has 5 rings (SSSR count). The van der Waals surface area contributed by atoms with Gasteiger partial charge < -0.3 is 26.7 Å². The molecule has 0 amide bonds. The zero-order chi connectivity index (χ0) is 20.2. The van der Waals surface area contributed by atoms with Gasteiger partial charge in [-0.1, -0.05) is 13.0 Å². The lowest BCUT2D eigenvalue weighted by Gasteiger charge is -2.41. The van der Waals surface area contributed by atoms with E-state index in [-0.39, 0.29) is 12.4 Å². The van der Waals surface area contributed by atoms with Crippen LogP contribution in [-0.2, 0) is 13.6 Å². The molecule has 2 aliphatic rings. The molecule has 0 saturated carbocycles. The fourth-order valence-electron chi connectivity index (χ4n) is 4.84. The largest absolute Gasteiger partial charge is 1.00 e. The minimum atomic E-state index is 0. The van der Waals surface area contributed by atoms with Crippen molar-refractivity contribution in [1.29, 1.82) is 0 Å². The van der Waals surface area contributed by atoms with Gasteiger partial charge in [0.15, 0.2) is 5.65 Å². The first kappa shape index (κ1) is 20.9. The molecule has 0 N–H and O–H groups in total. The van der Waals surface area contributed by atoms with Crippen LogP contribution in [0.3, 0.4) is 0 Å². The Kier molecular flexibility index (Phi) is 5.41. The van der Waals surface area contributed by atoms with Crippen LogP contribution in [0, 0.1) is 0 Å². The van der Waals surface area contributed by atoms with Gasteiger partial charge in [-0.25, -0.2) is 4.98 Å². The van der Waals surface area contributed by atoms with E-state index in [4.69, 9.17) is 0 Å². The molecule has 1 aromatic carbocycles. The average Bonchev–Trinajstić information content (AvgIpc) is 3.09. The van der Waals surface area contributed by atoms with Gasteiger partial charge in [-0.3, -0.25) is 4.68 Å². The number of likely N-dealkylation sites (N-methyl/N-ethyl adjacent to an activating group) is 1. The van der Waals surface area contributed by atoms with Gasteiger partial charge in [0.2, 0.25) is 0 Å². The molecule has 1 atom stereocenters. The van der Waals surface area contributed by atoms with Gasteiger partial charge in [-0.2, -0.15) is 5.10 Å². The molecule has 0 radical (unpaired) electrons. The molecule has 0 aliphatic carbocycles. The monoisotopic (exact) mass is 426 g/mol. The van der Waals surface area contributed by atoms with Crippen molar-refractivity contribution in [3.63, 3.8) is 0 Å². The van der Waals surface area contributed by atoms with Crippen LogP contribution in [0.25, 0.3) is 11.0 Å².